The molecule has 1 aliphatic heterocycles. The summed E-state index contributed by atoms with van der Waals surface area (Å²) in [5.74, 6) is 0.0549. The largest absolute Gasteiger partial charge is 0.383 e. The second-order valence-corrected chi connectivity index (χ2v) is 6.44. The lowest BCUT2D eigenvalue weighted by Crippen LogP contribution is -2.49. The topological polar surface area (TPSA) is 58.6 Å². The Balaban J connectivity index is 1.85. The summed E-state index contributed by atoms with van der Waals surface area (Å²) in [6.45, 7) is 3.62. The first-order valence-corrected chi connectivity index (χ1v) is 8.72. The Bertz CT molecular complexity index is 533. The summed E-state index contributed by atoms with van der Waals surface area (Å²) < 4.78 is 4.95. The number of piperidine rings is 1. The summed E-state index contributed by atoms with van der Waals surface area (Å²) in [6, 6.07) is 10.2. The van der Waals surface area contributed by atoms with Crippen LogP contribution < -0.4 is 5.32 Å². The Kier molecular flexibility index (Phi) is 7.25. The molecule has 0 bridgehead atoms. The number of carbonyl (C=O) groups excluding carboxylic acids is 2. The van der Waals surface area contributed by atoms with Crippen molar-refractivity contribution in [1.82, 2.24) is 10.2 Å². The summed E-state index contributed by atoms with van der Waals surface area (Å²) >= 11 is 0. The minimum atomic E-state index is -0.112. The van der Waals surface area contributed by atoms with Gasteiger partial charge in [-0.1, -0.05) is 30.3 Å². The van der Waals surface area contributed by atoms with Crippen molar-refractivity contribution >= 4 is 11.8 Å². The molecule has 1 saturated heterocycles. The average molecular weight is 332 g/mol. The van der Waals surface area contributed by atoms with Gasteiger partial charge in [-0.05, 0) is 31.7 Å². The Morgan fingerprint density at radius 2 is 2.00 bits per heavy atom. The van der Waals surface area contributed by atoms with E-state index in [2.05, 4.69) is 12.2 Å². The lowest BCUT2D eigenvalue weighted by Gasteiger charge is -2.37. The molecular formula is C19H28N2O3. The SMILES string of the molecule is COCCNC(=O)[C@H]1CC[C@@H](C)N(C(=O)CCc2ccccc2)C1. The van der Waals surface area contributed by atoms with E-state index >= 15 is 0 Å². The van der Waals surface area contributed by atoms with Gasteiger partial charge in [0.05, 0.1) is 12.5 Å². The maximum Gasteiger partial charge on any atom is 0.224 e. The standard InChI is InChI=1S/C19H28N2O3/c1-15-8-10-17(19(23)20-12-13-24-2)14-21(15)18(22)11-9-16-6-4-3-5-7-16/h3-7,15,17H,8-14H2,1-2H3,(H,20,23)/t15-,17+/m1/s1. The molecule has 1 aliphatic rings. The van der Waals surface area contributed by atoms with Gasteiger partial charge >= 0.3 is 0 Å². The smallest absolute Gasteiger partial charge is 0.224 e. The number of methoxy groups -OCH3 is 1. The molecule has 0 radical (unpaired) electrons. The van der Waals surface area contributed by atoms with Gasteiger partial charge in [-0.25, -0.2) is 0 Å². The highest BCUT2D eigenvalue weighted by molar-refractivity contribution is 5.81. The molecule has 5 nitrogen and oxygen atoms in total. The first kappa shape index (κ1) is 18.5. The zero-order chi connectivity index (χ0) is 17.4. The van der Waals surface area contributed by atoms with E-state index in [1.54, 1.807) is 7.11 Å². The van der Waals surface area contributed by atoms with Crippen LogP contribution in [0.5, 0.6) is 0 Å². The second-order valence-electron chi connectivity index (χ2n) is 6.44. The van der Waals surface area contributed by atoms with Crippen molar-refractivity contribution in [1.29, 1.82) is 0 Å². The maximum absolute atomic E-state index is 12.6. The van der Waals surface area contributed by atoms with Crippen molar-refractivity contribution in [2.45, 2.75) is 38.6 Å². The fraction of sp³-hybridized carbons (Fsp3) is 0.579. The van der Waals surface area contributed by atoms with Crippen molar-refractivity contribution in [2.75, 3.05) is 26.8 Å². The minimum Gasteiger partial charge on any atom is -0.383 e. The first-order chi connectivity index (χ1) is 11.6. The van der Waals surface area contributed by atoms with Crippen LogP contribution in [0.2, 0.25) is 0 Å². The number of nitrogens with one attached hydrogen (secondary N) is 1. The molecule has 2 rings (SSSR count). The van der Waals surface area contributed by atoms with Crippen LogP contribution in [-0.2, 0) is 20.7 Å². The van der Waals surface area contributed by atoms with Gasteiger partial charge in [0.25, 0.3) is 0 Å². The summed E-state index contributed by atoms with van der Waals surface area (Å²) in [6.07, 6.45) is 2.95. The maximum atomic E-state index is 12.6. The van der Waals surface area contributed by atoms with Crippen LogP contribution in [0.1, 0.15) is 31.7 Å². The van der Waals surface area contributed by atoms with Crippen molar-refractivity contribution in [3.8, 4) is 0 Å². The molecule has 1 aromatic carbocycles. The number of ether oxygens (including phenoxy) is 1. The van der Waals surface area contributed by atoms with E-state index in [0.717, 1.165) is 19.3 Å². The molecule has 0 spiro atoms. The number of nitrogens with zero attached hydrogens (tertiary/aromatic N) is 1. The molecule has 1 fully saturated rings. The summed E-state index contributed by atoms with van der Waals surface area (Å²) in [5.41, 5.74) is 1.17. The number of likely N-dealkylation sites (tertiary alicyclic amines) is 1. The molecule has 24 heavy (non-hydrogen) atoms. The zero-order valence-electron chi connectivity index (χ0n) is 14.7. The van der Waals surface area contributed by atoms with E-state index in [-0.39, 0.29) is 23.8 Å². The molecule has 0 aliphatic carbocycles. The van der Waals surface area contributed by atoms with Gasteiger partial charge in [-0.2, -0.15) is 0 Å². The molecule has 1 aromatic rings. The van der Waals surface area contributed by atoms with Crippen molar-refractivity contribution in [3.05, 3.63) is 35.9 Å². The lowest BCUT2D eigenvalue weighted by atomic mass is 9.92. The van der Waals surface area contributed by atoms with Crippen molar-refractivity contribution in [2.24, 2.45) is 5.92 Å². The molecule has 0 saturated carbocycles. The number of carbonyl (C=O) groups is 2. The Morgan fingerprint density at radius 1 is 1.25 bits per heavy atom. The molecule has 132 valence electrons. The predicted octanol–water partition coefficient (Wildman–Crippen LogP) is 2.01. The van der Waals surface area contributed by atoms with E-state index < -0.39 is 0 Å². The van der Waals surface area contributed by atoms with Gasteiger partial charge in [-0.3, -0.25) is 9.59 Å². The first-order valence-electron chi connectivity index (χ1n) is 8.72. The van der Waals surface area contributed by atoms with E-state index in [1.165, 1.54) is 5.56 Å². The summed E-state index contributed by atoms with van der Waals surface area (Å²) in [7, 11) is 1.61. The molecule has 2 amide bonds. The Labute approximate surface area is 144 Å². The van der Waals surface area contributed by atoms with Crippen molar-refractivity contribution in [3.63, 3.8) is 0 Å². The number of hydrogen-bond donors (Lipinski definition) is 1. The monoisotopic (exact) mass is 332 g/mol. The van der Waals surface area contributed by atoms with Crippen LogP contribution >= 0.6 is 0 Å². The molecule has 5 heteroatoms. The van der Waals surface area contributed by atoms with Crippen LogP contribution in [0.4, 0.5) is 0 Å². The van der Waals surface area contributed by atoms with Crippen LogP contribution in [0.15, 0.2) is 30.3 Å². The number of rotatable bonds is 7. The summed E-state index contributed by atoms with van der Waals surface area (Å²) in [5, 5.41) is 2.88. The second kappa shape index (κ2) is 9.42. The third-order valence-corrected chi connectivity index (χ3v) is 4.65. The number of amides is 2. The van der Waals surface area contributed by atoms with Gasteiger partial charge in [0.1, 0.15) is 0 Å². The van der Waals surface area contributed by atoms with Gasteiger partial charge in [0.2, 0.25) is 11.8 Å². The average Bonchev–Trinajstić information content (AvgIpc) is 2.61. The molecule has 0 aromatic heterocycles. The molecule has 1 N–H and O–H groups in total. The van der Waals surface area contributed by atoms with E-state index in [9.17, 15) is 9.59 Å². The number of hydrogen-bond acceptors (Lipinski definition) is 3. The van der Waals surface area contributed by atoms with Crippen LogP contribution in [0, 0.1) is 5.92 Å². The summed E-state index contributed by atoms with van der Waals surface area (Å²) in [4.78, 5) is 26.7. The minimum absolute atomic E-state index is 0.0276. The molecule has 2 atom stereocenters. The van der Waals surface area contributed by atoms with E-state index in [4.69, 9.17) is 4.74 Å². The highest BCUT2D eigenvalue weighted by atomic mass is 16.5. The van der Waals surface area contributed by atoms with Crippen molar-refractivity contribution < 1.29 is 14.3 Å². The highest BCUT2D eigenvalue weighted by Gasteiger charge is 2.32. The van der Waals surface area contributed by atoms with Gasteiger partial charge in [0, 0.05) is 32.7 Å². The highest BCUT2D eigenvalue weighted by Crippen LogP contribution is 2.23. The van der Waals surface area contributed by atoms with Crippen LogP contribution in [0.3, 0.4) is 0 Å². The number of benzene rings is 1. The van der Waals surface area contributed by atoms with Gasteiger partial charge < -0.3 is 15.0 Å². The van der Waals surface area contributed by atoms with Gasteiger partial charge in [0.15, 0.2) is 0 Å². The molecule has 0 unspecified atom stereocenters. The van der Waals surface area contributed by atoms with Crippen LogP contribution in [-0.4, -0.2) is 49.6 Å². The third-order valence-electron chi connectivity index (χ3n) is 4.65. The van der Waals surface area contributed by atoms with Crippen LogP contribution in [0.25, 0.3) is 0 Å². The van der Waals surface area contributed by atoms with Gasteiger partial charge in [-0.15, -0.1) is 0 Å². The normalized spacial score (nSPS) is 20.7. The van der Waals surface area contributed by atoms with E-state index in [0.29, 0.717) is 26.1 Å². The Hall–Kier alpha value is -1.88. The number of aryl methyl sites for hydroxylation is 1. The fourth-order valence-corrected chi connectivity index (χ4v) is 3.13. The Morgan fingerprint density at radius 3 is 2.71 bits per heavy atom. The fourth-order valence-electron chi connectivity index (χ4n) is 3.13. The lowest BCUT2D eigenvalue weighted by molar-refractivity contribution is -0.138. The zero-order valence-corrected chi connectivity index (χ0v) is 14.7. The third kappa shape index (κ3) is 5.34. The molecular weight excluding hydrogens is 304 g/mol. The quantitative estimate of drug-likeness (QED) is 0.777. The predicted molar refractivity (Wildman–Crippen MR) is 93.5 cm³/mol. The van der Waals surface area contributed by atoms with E-state index in [1.807, 2.05) is 35.2 Å². The molecule has 1 heterocycles.